The highest BCUT2D eigenvalue weighted by atomic mass is 31.2. The molecule has 0 saturated carbocycles. The number of hydrogen-bond acceptors (Lipinski definition) is 4. The summed E-state index contributed by atoms with van der Waals surface area (Å²) in [7, 11) is -0.432. The van der Waals surface area contributed by atoms with Crippen LogP contribution in [0.3, 0.4) is 0 Å². The lowest BCUT2D eigenvalue weighted by Gasteiger charge is -2.09. The Morgan fingerprint density at radius 2 is 1.24 bits per heavy atom. The lowest BCUT2D eigenvalue weighted by Crippen LogP contribution is -2.26. The molecule has 4 nitrogen and oxygen atoms in total. The van der Waals surface area contributed by atoms with Crippen molar-refractivity contribution in [3.63, 3.8) is 0 Å². The van der Waals surface area contributed by atoms with Gasteiger partial charge in [0.15, 0.2) is 0 Å². The van der Waals surface area contributed by atoms with Crippen LogP contribution in [-0.4, -0.2) is 32.3 Å². The van der Waals surface area contributed by atoms with Crippen molar-refractivity contribution in [3.8, 4) is 23.9 Å². The molecular formula is C11H18BN4P. The minimum absolute atomic E-state index is 0.432. The van der Waals surface area contributed by atoms with Crippen LogP contribution in [0, 0.1) is 44.9 Å². The SMILES string of the molecule is CCCC[P+](C)(C)C.N#C[B-](C#N)(C#N)C#N. The first-order valence-corrected chi connectivity index (χ1v) is 8.73. The van der Waals surface area contributed by atoms with Crippen molar-refractivity contribution in [1.29, 1.82) is 21.0 Å². The fourth-order valence-electron chi connectivity index (χ4n) is 0.806. The zero-order chi connectivity index (χ0) is 13.9. The van der Waals surface area contributed by atoms with E-state index < -0.39 is 13.4 Å². The molecule has 0 atom stereocenters. The van der Waals surface area contributed by atoms with Crippen LogP contribution in [-0.2, 0) is 0 Å². The van der Waals surface area contributed by atoms with E-state index in [-0.39, 0.29) is 0 Å². The van der Waals surface area contributed by atoms with E-state index in [1.165, 1.54) is 42.9 Å². The third kappa shape index (κ3) is 9.39. The van der Waals surface area contributed by atoms with Gasteiger partial charge in [0.25, 0.3) is 0 Å². The Hall–Kier alpha value is -1.55. The first kappa shape index (κ1) is 17.8. The topological polar surface area (TPSA) is 95.2 Å². The minimum atomic E-state index is -2.72. The molecule has 0 fully saturated rings. The van der Waals surface area contributed by atoms with Gasteiger partial charge in [-0.25, -0.2) is 21.0 Å². The van der Waals surface area contributed by atoms with E-state index >= 15 is 0 Å². The van der Waals surface area contributed by atoms with Crippen LogP contribution in [0.5, 0.6) is 0 Å². The zero-order valence-corrected chi connectivity index (χ0v) is 11.8. The summed E-state index contributed by atoms with van der Waals surface area (Å²) in [5.41, 5.74) is 0. The summed E-state index contributed by atoms with van der Waals surface area (Å²) in [5.74, 6) is 5.38. The van der Waals surface area contributed by atoms with Gasteiger partial charge in [-0.15, -0.1) is 23.9 Å². The van der Waals surface area contributed by atoms with Crippen LogP contribution in [0.2, 0.25) is 0 Å². The van der Waals surface area contributed by atoms with Crippen LogP contribution >= 0.6 is 7.26 Å². The van der Waals surface area contributed by atoms with E-state index in [0.717, 1.165) is 0 Å². The lowest BCUT2D eigenvalue weighted by atomic mass is 9.30. The van der Waals surface area contributed by atoms with E-state index in [4.69, 9.17) is 21.0 Å². The number of nitrogens with zero attached hydrogens (tertiary/aromatic N) is 4. The summed E-state index contributed by atoms with van der Waals surface area (Å²) >= 11 is 0. The van der Waals surface area contributed by atoms with Crippen LogP contribution < -0.4 is 0 Å². The molecule has 0 saturated heterocycles. The lowest BCUT2D eigenvalue weighted by molar-refractivity contribution is 0.889. The van der Waals surface area contributed by atoms with Gasteiger partial charge in [-0.1, -0.05) is 13.3 Å². The van der Waals surface area contributed by atoms with Gasteiger partial charge in [0, 0.05) is 27.3 Å². The molecule has 0 rings (SSSR count). The van der Waals surface area contributed by atoms with Crippen LogP contribution in [0.1, 0.15) is 19.8 Å². The highest BCUT2D eigenvalue weighted by Gasteiger charge is 2.22. The maximum atomic E-state index is 8.09. The Kier molecular flexibility index (Phi) is 9.01. The van der Waals surface area contributed by atoms with Crippen LogP contribution in [0.4, 0.5) is 0 Å². The zero-order valence-electron chi connectivity index (χ0n) is 10.9. The molecule has 0 aromatic rings. The number of rotatable bonds is 3. The molecule has 90 valence electrons. The Morgan fingerprint density at radius 1 is 0.882 bits per heavy atom. The first-order valence-electron chi connectivity index (χ1n) is 5.41. The predicted octanol–water partition coefficient (Wildman–Crippen LogP) is 2.38. The molecule has 17 heavy (non-hydrogen) atoms. The third-order valence-corrected chi connectivity index (χ3v) is 3.61. The van der Waals surface area contributed by atoms with E-state index in [1.807, 2.05) is 0 Å². The van der Waals surface area contributed by atoms with Gasteiger partial charge in [-0.05, 0) is 6.42 Å². The normalized spacial score (nSPS) is 9.65. The second-order valence-corrected chi connectivity index (χ2v) is 9.78. The van der Waals surface area contributed by atoms with Crippen molar-refractivity contribution < 1.29 is 0 Å². The molecule has 0 N–H and O–H groups in total. The minimum Gasteiger partial charge on any atom is -0.245 e. The fourth-order valence-corrected chi connectivity index (χ4v) is 2.07. The summed E-state index contributed by atoms with van der Waals surface area (Å²) in [6.45, 7) is 9.48. The van der Waals surface area contributed by atoms with Gasteiger partial charge in [-0.2, -0.15) is 0 Å². The van der Waals surface area contributed by atoms with Crippen molar-refractivity contribution in [2.75, 3.05) is 26.2 Å². The second kappa shape index (κ2) is 8.59. The Morgan fingerprint density at radius 3 is 1.29 bits per heavy atom. The molecule has 0 aliphatic heterocycles. The molecule has 0 heterocycles. The molecule has 0 aromatic heterocycles. The summed E-state index contributed by atoms with van der Waals surface area (Å²) < 4.78 is 0. The third-order valence-electron chi connectivity index (χ3n) is 1.96. The van der Waals surface area contributed by atoms with Crippen molar-refractivity contribution in [2.45, 2.75) is 19.8 Å². The smallest absolute Gasteiger partial charge is 0.245 e. The number of nitriles is 4. The van der Waals surface area contributed by atoms with E-state index in [9.17, 15) is 0 Å². The molecule has 0 unspecified atom stereocenters. The van der Waals surface area contributed by atoms with Crippen LogP contribution in [0.15, 0.2) is 0 Å². The second-order valence-electron chi connectivity index (χ2n) is 4.75. The molecule has 6 heteroatoms. The van der Waals surface area contributed by atoms with Crippen molar-refractivity contribution in [1.82, 2.24) is 0 Å². The summed E-state index contributed by atoms with van der Waals surface area (Å²) in [5, 5.41) is 32.3. The van der Waals surface area contributed by atoms with Crippen molar-refractivity contribution in [3.05, 3.63) is 0 Å². The number of hydrogen-bond donors (Lipinski definition) is 0. The average molecular weight is 248 g/mol. The standard InChI is InChI=1S/C7H18P.C4BN4/c1-5-6-7-8(2,3)4;6-1-5(2-7,3-8)4-9/h5-7H2,1-4H3;/q+1;-1. The van der Waals surface area contributed by atoms with E-state index in [2.05, 4.69) is 26.9 Å². The van der Waals surface area contributed by atoms with E-state index in [1.54, 1.807) is 0 Å². The number of unbranched alkanes of at least 4 members (excludes halogenated alkanes) is 1. The maximum Gasteiger partial charge on any atom is 0.383 e. The Balaban J connectivity index is 0. The van der Waals surface area contributed by atoms with Crippen molar-refractivity contribution >= 4 is 13.4 Å². The molecular weight excluding hydrogens is 230 g/mol. The maximum absolute atomic E-state index is 8.09. The Bertz CT molecular complexity index is 325. The molecule has 0 radical (unpaired) electrons. The van der Waals surface area contributed by atoms with Gasteiger partial charge < -0.3 is 0 Å². The summed E-state index contributed by atoms with van der Waals surface area (Å²) in [6, 6.07) is 0. The van der Waals surface area contributed by atoms with Gasteiger partial charge >= 0.3 is 6.15 Å². The highest BCUT2D eigenvalue weighted by Crippen LogP contribution is 2.46. The van der Waals surface area contributed by atoms with Crippen LogP contribution in [0.25, 0.3) is 0 Å². The highest BCUT2D eigenvalue weighted by molar-refractivity contribution is 7.73. The van der Waals surface area contributed by atoms with E-state index in [0.29, 0.717) is 0 Å². The summed E-state index contributed by atoms with van der Waals surface area (Å²) in [4.78, 5) is 0. The molecule has 0 spiro atoms. The predicted molar refractivity (Wildman–Crippen MR) is 72.7 cm³/mol. The quantitative estimate of drug-likeness (QED) is 0.565. The first-order chi connectivity index (χ1) is 7.80. The summed E-state index contributed by atoms with van der Waals surface area (Å²) in [6.07, 6.45) is 1.54. The monoisotopic (exact) mass is 248 g/mol. The van der Waals surface area contributed by atoms with Gasteiger partial charge in [0.1, 0.15) is 0 Å². The fraction of sp³-hybridized carbons (Fsp3) is 0.636. The van der Waals surface area contributed by atoms with Crippen molar-refractivity contribution in [2.24, 2.45) is 0 Å². The molecule has 0 aromatic carbocycles. The van der Waals surface area contributed by atoms with Gasteiger partial charge in [0.2, 0.25) is 0 Å². The van der Waals surface area contributed by atoms with Gasteiger partial charge in [0.05, 0.1) is 6.16 Å². The largest absolute Gasteiger partial charge is 0.383 e. The Labute approximate surface area is 105 Å². The molecule has 0 bridgehead atoms. The molecule has 0 amide bonds. The average Bonchev–Trinajstić information content (AvgIpc) is 2.30. The van der Waals surface area contributed by atoms with Gasteiger partial charge in [-0.3, -0.25) is 0 Å². The molecule has 0 aliphatic rings. The molecule has 0 aliphatic carbocycles.